The first-order chi connectivity index (χ1) is 11.8. The number of nitrogens with two attached hydrogens (primary N) is 1. The minimum atomic E-state index is 0.102. The summed E-state index contributed by atoms with van der Waals surface area (Å²) in [7, 11) is 1.96. The summed E-state index contributed by atoms with van der Waals surface area (Å²) in [5.74, 6) is 1.20. The number of nitrogens with one attached hydrogen (secondary N) is 2. The van der Waals surface area contributed by atoms with E-state index in [2.05, 4.69) is 63.9 Å². The molecule has 0 bridgehead atoms. The predicted octanol–water partition coefficient (Wildman–Crippen LogP) is 1.19. The van der Waals surface area contributed by atoms with E-state index in [1.165, 1.54) is 5.56 Å². The van der Waals surface area contributed by atoms with Crippen LogP contribution in [0.25, 0.3) is 0 Å². The van der Waals surface area contributed by atoms with Crippen LogP contribution in [-0.4, -0.2) is 38.2 Å². The summed E-state index contributed by atoms with van der Waals surface area (Å²) in [6, 6.07) is 10.7. The maximum absolute atomic E-state index is 8.58. The van der Waals surface area contributed by atoms with Gasteiger partial charge in [0.25, 0.3) is 0 Å². The van der Waals surface area contributed by atoms with Crippen molar-refractivity contribution in [1.82, 2.24) is 10.6 Å². The van der Waals surface area contributed by atoms with Crippen LogP contribution in [0.4, 0.5) is 0 Å². The fraction of sp³-hybridized carbons (Fsp3) is 0.278. The number of aliphatic imine (C=N–C) groups is 2. The molecule has 0 aromatic heterocycles. The number of amidine groups is 1. The Labute approximate surface area is 142 Å². The van der Waals surface area contributed by atoms with Gasteiger partial charge in [-0.25, -0.2) is 0 Å². The van der Waals surface area contributed by atoms with E-state index in [1.807, 2.05) is 19.2 Å². The van der Waals surface area contributed by atoms with Gasteiger partial charge in [-0.05, 0) is 12.6 Å². The molecule has 1 amide bonds. The number of nitrogens with zero attached hydrogens (tertiary/aromatic N) is 2. The highest BCUT2D eigenvalue weighted by Gasteiger charge is 2.26. The number of hydrogen-bond donors (Lipinski definition) is 3. The number of allylic oxidation sites excluding steroid dienone is 2. The molecule has 24 heavy (non-hydrogen) atoms. The average molecular weight is 325 g/mol. The van der Waals surface area contributed by atoms with Crippen molar-refractivity contribution in [3.05, 3.63) is 60.2 Å². The van der Waals surface area contributed by atoms with Gasteiger partial charge in [0.15, 0.2) is 0 Å². The maximum atomic E-state index is 8.58. The Morgan fingerprint density at radius 2 is 2.04 bits per heavy atom. The van der Waals surface area contributed by atoms with Crippen molar-refractivity contribution in [3.8, 4) is 0 Å². The van der Waals surface area contributed by atoms with Crippen molar-refractivity contribution in [2.24, 2.45) is 21.6 Å². The van der Waals surface area contributed by atoms with Gasteiger partial charge in [0.2, 0.25) is 6.41 Å². The molecule has 1 aromatic carbocycles. The number of carbonyl (C=O) groups is 1. The molecule has 1 aliphatic heterocycles. The van der Waals surface area contributed by atoms with E-state index in [9.17, 15) is 0 Å². The Balaban J connectivity index is 0.000000647. The van der Waals surface area contributed by atoms with Gasteiger partial charge in [-0.1, -0.05) is 54.6 Å². The van der Waals surface area contributed by atoms with Crippen molar-refractivity contribution in [2.45, 2.75) is 12.1 Å². The number of carbonyl (C=O) groups excluding carboxylic acids is 1. The zero-order valence-electron chi connectivity index (χ0n) is 13.7. The Kier molecular flexibility index (Phi) is 6.91. The van der Waals surface area contributed by atoms with E-state index >= 15 is 0 Å². The average Bonchev–Trinajstić information content (AvgIpc) is 2.63. The van der Waals surface area contributed by atoms with Crippen LogP contribution < -0.4 is 16.4 Å². The lowest BCUT2D eigenvalue weighted by Crippen LogP contribution is -2.40. The second-order valence-corrected chi connectivity index (χ2v) is 5.34. The number of benzene rings is 1. The van der Waals surface area contributed by atoms with E-state index in [-0.39, 0.29) is 24.4 Å². The van der Waals surface area contributed by atoms with Crippen LogP contribution >= 0.6 is 0 Å². The lowest BCUT2D eigenvalue weighted by atomic mass is 9.93. The van der Waals surface area contributed by atoms with Crippen molar-refractivity contribution < 1.29 is 4.79 Å². The minimum absolute atomic E-state index is 0.102. The van der Waals surface area contributed by atoms with E-state index in [4.69, 9.17) is 9.79 Å². The van der Waals surface area contributed by atoms with Crippen molar-refractivity contribution >= 4 is 18.6 Å². The molecular weight excluding hydrogens is 302 g/mol. The number of amides is 1. The lowest BCUT2D eigenvalue weighted by Gasteiger charge is -2.27. The summed E-state index contributed by atoms with van der Waals surface area (Å²) >= 11 is 0. The van der Waals surface area contributed by atoms with Gasteiger partial charge in [-0.2, -0.15) is 0 Å². The molecule has 2 aliphatic rings. The van der Waals surface area contributed by atoms with Crippen LogP contribution in [0.5, 0.6) is 0 Å². The molecule has 126 valence electrons. The van der Waals surface area contributed by atoms with Crippen molar-refractivity contribution in [1.29, 1.82) is 0 Å². The zero-order chi connectivity index (χ0) is 17.2. The molecule has 1 heterocycles. The van der Waals surface area contributed by atoms with E-state index < -0.39 is 0 Å². The number of likely N-dealkylation sites (N-methyl/N-ethyl adjacent to an activating group) is 1. The van der Waals surface area contributed by atoms with Crippen LogP contribution in [0, 0.1) is 5.92 Å². The molecule has 3 rings (SSSR count). The predicted molar refractivity (Wildman–Crippen MR) is 98.0 cm³/mol. The van der Waals surface area contributed by atoms with Crippen LogP contribution in [-0.2, 0) is 4.79 Å². The van der Waals surface area contributed by atoms with Crippen LogP contribution in [0.1, 0.15) is 11.6 Å². The monoisotopic (exact) mass is 325 g/mol. The summed E-state index contributed by atoms with van der Waals surface area (Å²) < 4.78 is 0. The van der Waals surface area contributed by atoms with E-state index in [0.29, 0.717) is 0 Å². The Morgan fingerprint density at radius 3 is 2.75 bits per heavy atom. The highest BCUT2D eigenvalue weighted by molar-refractivity contribution is 5.97. The molecule has 0 saturated heterocycles. The van der Waals surface area contributed by atoms with Gasteiger partial charge in [0.05, 0.1) is 24.3 Å². The Hall–Kier alpha value is -2.73. The van der Waals surface area contributed by atoms with Gasteiger partial charge in [-0.3, -0.25) is 14.8 Å². The third kappa shape index (κ3) is 4.63. The molecule has 2 unspecified atom stereocenters. The lowest BCUT2D eigenvalue weighted by molar-refractivity contribution is -0.106. The molecule has 4 N–H and O–H groups in total. The first-order valence-electron chi connectivity index (χ1n) is 7.86. The molecule has 3 atom stereocenters. The van der Waals surface area contributed by atoms with Crippen LogP contribution in [0.3, 0.4) is 0 Å². The number of fused-ring (bicyclic) bond motifs is 1. The molecule has 0 spiro atoms. The fourth-order valence-electron chi connectivity index (χ4n) is 2.67. The van der Waals surface area contributed by atoms with Gasteiger partial charge >= 0.3 is 0 Å². The maximum Gasteiger partial charge on any atom is 0.204 e. The molecule has 0 saturated carbocycles. The SMILES string of the molecule is CNC[C@H](N=C1NC=NC2C=CC=CC12)c1ccccc1.NC=O. The third-order valence-corrected chi connectivity index (χ3v) is 3.76. The third-order valence-electron chi connectivity index (χ3n) is 3.76. The number of primary amides is 1. The summed E-state index contributed by atoms with van der Waals surface area (Å²) in [6.45, 7) is 0.809. The van der Waals surface area contributed by atoms with E-state index in [1.54, 1.807) is 6.34 Å². The molecule has 1 aliphatic carbocycles. The molecule has 0 radical (unpaired) electrons. The summed E-state index contributed by atoms with van der Waals surface area (Å²) in [6.07, 6.45) is 10.4. The van der Waals surface area contributed by atoms with Gasteiger partial charge < -0.3 is 16.4 Å². The molecule has 0 fully saturated rings. The standard InChI is InChI=1S/C17H20N4.CH3NO/c1-18-11-16(13-7-3-2-4-8-13)21-17-14-9-5-6-10-15(14)19-12-20-17;2-1-3/h2-10,12,14-16,18H,11H2,1H3,(H,19,20,21);1H,(H2,2,3)/t14?,15?,16-;/m0./s1. The van der Waals surface area contributed by atoms with E-state index in [0.717, 1.165) is 12.4 Å². The normalized spacial score (nSPS) is 23.6. The first kappa shape index (κ1) is 17.6. The van der Waals surface area contributed by atoms with Gasteiger partial charge in [-0.15, -0.1) is 0 Å². The van der Waals surface area contributed by atoms with Gasteiger partial charge in [0.1, 0.15) is 5.84 Å². The molecule has 6 nitrogen and oxygen atoms in total. The summed E-state index contributed by atoms with van der Waals surface area (Å²) in [4.78, 5) is 18.0. The highest BCUT2D eigenvalue weighted by Crippen LogP contribution is 2.23. The smallest absolute Gasteiger partial charge is 0.204 e. The number of hydrogen-bond acceptors (Lipinski definition) is 4. The fourth-order valence-corrected chi connectivity index (χ4v) is 2.67. The topological polar surface area (TPSA) is 91.9 Å². The zero-order valence-corrected chi connectivity index (χ0v) is 13.7. The second-order valence-electron chi connectivity index (χ2n) is 5.34. The summed E-state index contributed by atoms with van der Waals surface area (Å²) in [5, 5.41) is 6.45. The molecule has 1 aromatic rings. The Bertz CT molecular complexity index is 636. The Morgan fingerprint density at radius 1 is 1.33 bits per heavy atom. The molecular formula is C18H23N5O. The van der Waals surface area contributed by atoms with Crippen molar-refractivity contribution in [3.63, 3.8) is 0 Å². The first-order valence-corrected chi connectivity index (χ1v) is 7.86. The minimum Gasteiger partial charge on any atom is -0.372 e. The highest BCUT2D eigenvalue weighted by atomic mass is 16.1. The quantitative estimate of drug-likeness (QED) is 0.726. The second kappa shape index (κ2) is 9.42. The van der Waals surface area contributed by atoms with Crippen LogP contribution in [0.15, 0.2) is 64.6 Å². The summed E-state index contributed by atoms with van der Waals surface area (Å²) in [5.41, 5.74) is 5.38. The largest absolute Gasteiger partial charge is 0.372 e. The molecule has 6 heteroatoms. The van der Waals surface area contributed by atoms with Crippen LogP contribution in [0.2, 0.25) is 0 Å². The number of rotatable bonds is 4. The van der Waals surface area contributed by atoms with Crippen molar-refractivity contribution in [2.75, 3.05) is 13.6 Å². The van der Waals surface area contributed by atoms with Gasteiger partial charge in [0, 0.05) is 6.54 Å².